The van der Waals surface area contributed by atoms with Gasteiger partial charge in [0.05, 0.1) is 31.3 Å². The molecule has 0 spiro atoms. The Morgan fingerprint density at radius 2 is 1.53 bits per heavy atom. The van der Waals surface area contributed by atoms with Crippen molar-refractivity contribution in [3.63, 3.8) is 0 Å². The second-order valence-corrected chi connectivity index (χ2v) is 12.9. The summed E-state index contributed by atoms with van der Waals surface area (Å²) in [4.78, 5) is 24.9. The van der Waals surface area contributed by atoms with Crippen molar-refractivity contribution >= 4 is 11.9 Å². The molecule has 4 aromatic carbocycles. The van der Waals surface area contributed by atoms with Gasteiger partial charge in [-0.15, -0.1) is 0 Å². The number of aliphatic hydroxyl groups is 2. The highest BCUT2D eigenvalue weighted by Gasteiger charge is 2.39. The molecular formula is C40H46N2O7. The fraction of sp³-hybridized carbons (Fsp3) is 0.350. The number of carboxylic acid groups (broad SMARTS) is 1. The van der Waals surface area contributed by atoms with Gasteiger partial charge in [-0.3, -0.25) is 14.5 Å². The molecule has 9 heteroatoms. The summed E-state index contributed by atoms with van der Waals surface area (Å²) in [5.74, 6) is -1.30. The minimum Gasteiger partial charge on any atom is -0.481 e. The van der Waals surface area contributed by atoms with Crippen molar-refractivity contribution in [1.29, 1.82) is 0 Å². The molecule has 9 nitrogen and oxygen atoms in total. The van der Waals surface area contributed by atoms with E-state index in [0.717, 1.165) is 38.9 Å². The molecule has 1 saturated heterocycles. The molecule has 1 fully saturated rings. The minimum absolute atomic E-state index is 0.00798. The van der Waals surface area contributed by atoms with Crippen LogP contribution in [0.15, 0.2) is 103 Å². The number of rotatable bonds is 14. The molecule has 1 amide bonds. The lowest BCUT2D eigenvalue weighted by atomic mass is 9.89. The number of nitrogens with zero attached hydrogens (tertiary/aromatic N) is 1. The largest absolute Gasteiger partial charge is 0.481 e. The molecule has 258 valence electrons. The van der Waals surface area contributed by atoms with Gasteiger partial charge >= 0.3 is 5.97 Å². The third-order valence-corrected chi connectivity index (χ3v) is 9.38. The highest BCUT2D eigenvalue weighted by molar-refractivity contribution is 5.80. The molecule has 0 unspecified atom stereocenters. The smallest absolute Gasteiger partial charge is 0.303 e. The maximum absolute atomic E-state index is 12.0. The zero-order valence-corrected chi connectivity index (χ0v) is 28.2. The van der Waals surface area contributed by atoms with Crippen molar-refractivity contribution in [1.82, 2.24) is 10.2 Å². The van der Waals surface area contributed by atoms with Gasteiger partial charge in [0.15, 0.2) is 6.29 Å². The van der Waals surface area contributed by atoms with Gasteiger partial charge in [0.2, 0.25) is 5.91 Å². The van der Waals surface area contributed by atoms with E-state index in [4.69, 9.17) is 14.6 Å². The van der Waals surface area contributed by atoms with Crippen LogP contribution in [-0.2, 0) is 32.2 Å². The molecular weight excluding hydrogens is 620 g/mol. The number of aliphatic carboxylic acids is 1. The second kappa shape index (κ2) is 16.8. The molecule has 0 bridgehead atoms. The van der Waals surface area contributed by atoms with Crippen LogP contribution in [-0.4, -0.2) is 57.8 Å². The van der Waals surface area contributed by atoms with Gasteiger partial charge in [0.1, 0.15) is 0 Å². The van der Waals surface area contributed by atoms with Crippen molar-refractivity contribution in [2.45, 2.75) is 70.5 Å². The van der Waals surface area contributed by atoms with Crippen LogP contribution in [0.25, 0.3) is 11.1 Å². The quantitative estimate of drug-likeness (QED) is 0.126. The van der Waals surface area contributed by atoms with Gasteiger partial charge in [-0.05, 0) is 53.4 Å². The number of carbonyl (C=O) groups excluding carboxylic acids is 1. The van der Waals surface area contributed by atoms with Gasteiger partial charge in [-0.1, -0.05) is 104 Å². The van der Waals surface area contributed by atoms with Crippen molar-refractivity contribution in [3.05, 3.63) is 131 Å². The number of carboxylic acids is 1. The van der Waals surface area contributed by atoms with E-state index in [1.807, 2.05) is 117 Å². The van der Waals surface area contributed by atoms with Crippen LogP contribution in [0.1, 0.15) is 73.0 Å². The maximum atomic E-state index is 12.0. The summed E-state index contributed by atoms with van der Waals surface area (Å²) in [6, 6.07) is 33.3. The Morgan fingerprint density at radius 3 is 2.20 bits per heavy atom. The Kier molecular flexibility index (Phi) is 12.3. The molecule has 1 aliphatic heterocycles. The molecule has 0 saturated carbocycles. The van der Waals surface area contributed by atoms with Crippen LogP contribution in [0.4, 0.5) is 0 Å². The van der Waals surface area contributed by atoms with E-state index < -0.39 is 18.4 Å². The predicted molar refractivity (Wildman–Crippen MR) is 187 cm³/mol. The molecule has 0 aliphatic carbocycles. The normalized spacial score (nSPS) is 20.4. The number of amides is 1. The first-order valence-corrected chi connectivity index (χ1v) is 16.7. The van der Waals surface area contributed by atoms with Crippen molar-refractivity contribution in [2.24, 2.45) is 5.92 Å². The number of carbonyl (C=O) groups is 2. The van der Waals surface area contributed by atoms with Crippen molar-refractivity contribution < 1.29 is 34.4 Å². The van der Waals surface area contributed by atoms with Crippen molar-refractivity contribution in [3.8, 4) is 11.1 Å². The molecule has 6 atom stereocenters. The predicted octanol–water partition coefficient (Wildman–Crippen LogP) is 6.17. The lowest BCUT2D eigenvalue weighted by Gasteiger charge is -2.43. The molecule has 1 aliphatic rings. The van der Waals surface area contributed by atoms with E-state index in [0.29, 0.717) is 13.1 Å². The number of ether oxygens (including phenoxy) is 2. The Morgan fingerprint density at radius 1 is 0.837 bits per heavy atom. The molecule has 4 N–H and O–H groups in total. The fourth-order valence-corrected chi connectivity index (χ4v) is 6.15. The zero-order valence-electron chi connectivity index (χ0n) is 28.2. The van der Waals surface area contributed by atoms with Gasteiger partial charge in [0.25, 0.3) is 0 Å². The number of aliphatic hydroxyl groups excluding tert-OH is 2. The van der Waals surface area contributed by atoms with Crippen LogP contribution in [0.5, 0.6) is 0 Å². The molecule has 5 rings (SSSR count). The third kappa shape index (κ3) is 9.41. The maximum Gasteiger partial charge on any atom is 0.303 e. The van der Waals surface area contributed by atoms with Crippen LogP contribution >= 0.6 is 0 Å². The number of likely N-dealkylation sites (N-methyl/N-ethyl adjacent to an activating group) is 1. The van der Waals surface area contributed by atoms with Crippen molar-refractivity contribution in [2.75, 3.05) is 13.6 Å². The summed E-state index contributed by atoms with van der Waals surface area (Å²) in [7, 11) is 2.01. The summed E-state index contributed by atoms with van der Waals surface area (Å²) in [6.07, 6.45) is -2.01. The van der Waals surface area contributed by atoms with E-state index in [2.05, 4.69) is 17.1 Å². The Balaban J connectivity index is 1.32. The first kappa shape index (κ1) is 35.9. The Hall–Kier alpha value is -4.38. The number of hydrogen-bond acceptors (Lipinski definition) is 7. The third-order valence-electron chi connectivity index (χ3n) is 9.38. The Bertz CT molecular complexity index is 1660. The average Bonchev–Trinajstić information content (AvgIpc) is 3.13. The molecule has 0 aromatic heterocycles. The monoisotopic (exact) mass is 666 g/mol. The van der Waals surface area contributed by atoms with Crippen LogP contribution in [0.3, 0.4) is 0 Å². The van der Waals surface area contributed by atoms with Crippen LogP contribution in [0, 0.1) is 5.92 Å². The fourth-order valence-electron chi connectivity index (χ4n) is 6.15. The SMILES string of the molecule is C[C@H]1[C@@H](CN(C)[C@@H](C)[C@H](O)c2ccccc2)O[C@@H](c2ccc(-c3cccc(CNC(=O)CCC(=O)O)c3)cc2)O[C@H]1c1ccc(CO)cc1. The van der Waals surface area contributed by atoms with E-state index in [9.17, 15) is 19.8 Å². The first-order chi connectivity index (χ1) is 23.6. The van der Waals surface area contributed by atoms with Gasteiger partial charge in [-0.2, -0.15) is 0 Å². The zero-order chi connectivity index (χ0) is 34.9. The number of benzene rings is 4. The second-order valence-electron chi connectivity index (χ2n) is 12.9. The molecule has 49 heavy (non-hydrogen) atoms. The van der Waals surface area contributed by atoms with Gasteiger partial charge < -0.3 is 30.1 Å². The summed E-state index contributed by atoms with van der Waals surface area (Å²) in [5.41, 5.74) is 6.46. The summed E-state index contributed by atoms with van der Waals surface area (Å²) in [6.45, 7) is 5.01. The number of hydrogen-bond donors (Lipinski definition) is 4. The number of nitrogens with one attached hydrogen (secondary N) is 1. The standard InChI is InChI=1S/C40H46N2O7/c1-26-35(24-42(3)27(2)38(47)31-9-5-4-6-10-31)48-40(49-39(26)32-14-12-28(25-43)13-15-32)33-18-16-30(17-19-33)34-11-7-8-29(22-34)23-41-36(44)20-21-37(45)46/h4-19,22,26-27,35,38-40,43,47H,20-21,23-25H2,1-3H3,(H,41,44)(H,45,46)/t26-,27-,35+,38-,39+,40+/m0/s1. The van der Waals surface area contributed by atoms with E-state index in [1.165, 1.54) is 0 Å². The van der Waals surface area contributed by atoms with Crippen LogP contribution < -0.4 is 5.32 Å². The average molecular weight is 667 g/mol. The highest BCUT2D eigenvalue weighted by Crippen LogP contribution is 2.42. The summed E-state index contributed by atoms with van der Waals surface area (Å²) in [5, 5.41) is 32.3. The molecule has 4 aromatic rings. The lowest BCUT2D eigenvalue weighted by molar-refractivity contribution is -0.276. The summed E-state index contributed by atoms with van der Waals surface area (Å²) >= 11 is 0. The highest BCUT2D eigenvalue weighted by atomic mass is 16.7. The van der Waals surface area contributed by atoms with Crippen LogP contribution in [0.2, 0.25) is 0 Å². The lowest BCUT2D eigenvalue weighted by Crippen LogP contribution is -2.46. The first-order valence-electron chi connectivity index (χ1n) is 16.7. The van der Waals surface area contributed by atoms with Gasteiger partial charge in [-0.25, -0.2) is 0 Å². The van der Waals surface area contributed by atoms with E-state index in [-0.39, 0.29) is 49.5 Å². The Labute approximate surface area is 288 Å². The topological polar surface area (TPSA) is 129 Å². The molecule has 1 heterocycles. The molecule has 0 radical (unpaired) electrons. The van der Waals surface area contributed by atoms with E-state index in [1.54, 1.807) is 0 Å². The van der Waals surface area contributed by atoms with Gasteiger partial charge in [0, 0.05) is 37.0 Å². The summed E-state index contributed by atoms with van der Waals surface area (Å²) < 4.78 is 13.3. The minimum atomic E-state index is -0.998. The van der Waals surface area contributed by atoms with E-state index >= 15 is 0 Å².